The number of rotatable bonds is 3. The molecule has 2 rings (SSSR count). The lowest BCUT2D eigenvalue weighted by Crippen LogP contribution is -2.61. The molecule has 86 valence electrons. The summed E-state index contributed by atoms with van der Waals surface area (Å²) in [5.41, 5.74) is 0.00325. The van der Waals surface area contributed by atoms with Gasteiger partial charge in [0, 0.05) is 25.8 Å². The van der Waals surface area contributed by atoms with Crippen molar-refractivity contribution >= 4 is 11.6 Å². The molecule has 0 aromatic heterocycles. The molecule has 4 nitrogen and oxygen atoms in total. The van der Waals surface area contributed by atoms with Crippen LogP contribution in [0.15, 0.2) is 30.3 Å². The average Bonchev–Trinajstić information content (AvgIpc) is 2.27. The van der Waals surface area contributed by atoms with Crippen LogP contribution in [-0.4, -0.2) is 36.8 Å². The van der Waals surface area contributed by atoms with Gasteiger partial charge in [-0.15, -0.1) is 0 Å². The summed E-state index contributed by atoms with van der Waals surface area (Å²) < 4.78 is 0. The predicted molar refractivity (Wildman–Crippen MR) is 62.3 cm³/mol. The van der Waals surface area contributed by atoms with Crippen LogP contribution in [0, 0.1) is 0 Å². The second-order valence-corrected chi connectivity index (χ2v) is 4.29. The third-order valence-corrected chi connectivity index (χ3v) is 2.91. The van der Waals surface area contributed by atoms with Crippen molar-refractivity contribution in [1.29, 1.82) is 0 Å². The van der Waals surface area contributed by atoms with Gasteiger partial charge in [-0.05, 0) is 12.1 Å². The molecule has 0 radical (unpaired) electrons. The van der Waals surface area contributed by atoms with E-state index in [1.165, 1.54) is 0 Å². The molecule has 0 unspecified atom stereocenters. The van der Waals surface area contributed by atoms with Crippen molar-refractivity contribution in [1.82, 2.24) is 5.32 Å². The number of amides is 1. The van der Waals surface area contributed by atoms with Crippen molar-refractivity contribution in [3.05, 3.63) is 30.3 Å². The Kier molecular flexibility index (Phi) is 2.94. The molecule has 0 aliphatic carbocycles. The first kappa shape index (κ1) is 11.1. The van der Waals surface area contributed by atoms with Gasteiger partial charge < -0.3 is 15.3 Å². The molecule has 1 aliphatic heterocycles. The van der Waals surface area contributed by atoms with Crippen molar-refractivity contribution in [3.63, 3.8) is 0 Å². The monoisotopic (exact) mass is 220 g/mol. The first-order valence-electron chi connectivity index (χ1n) is 5.35. The predicted octanol–water partition coefficient (Wildman–Crippen LogP) is 0.374. The highest BCUT2D eigenvalue weighted by Gasteiger charge is 2.37. The van der Waals surface area contributed by atoms with Crippen LogP contribution in [0.5, 0.6) is 0 Å². The van der Waals surface area contributed by atoms with Crippen LogP contribution in [0.1, 0.15) is 6.42 Å². The van der Waals surface area contributed by atoms with Gasteiger partial charge in [0.25, 0.3) is 0 Å². The smallest absolute Gasteiger partial charge is 0.229 e. The van der Waals surface area contributed by atoms with Crippen LogP contribution in [0.25, 0.3) is 0 Å². The lowest BCUT2D eigenvalue weighted by Gasteiger charge is -2.37. The second-order valence-electron chi connectivity index (χ2n) is 4.29. The van der Waals surface area contributed by atoms with Gasteiger partial charge in [-0.3, -0.25) is 4.79 Å². The Morgan fingerprint density at radius 2 is 2.06 bits per heavy atom. The summed E-state index contributed by atoms with van der Waals surface area (Å²) in [6, 6.07) is 9.44. The molecule has 1 saturated heterocycles. The zero-order valence-electron chi connectivity index (χ0n) is 9.31. The Hall–Kier alpha value is -1.39. The van der Waals surface area contributed by atoms with Gasteiger partial charge in [-0.1, -0.05) is 18.2 Å². The minimum Gasteiger partial charge on any atom is -0.387 e. The number of carbonyl (C=O) groups excluding carboxylic acids is 1. The van der Waals surface area contributed by atoms with Gasteiger partial charge in [0.15, 0.2) is 0 Å². The van der Waals surface area contributed by atoms with Gasteiger partial charge in [-0.25, -0.2) is 0 Å². The van der Waals surface area contributed by atoms with E-state index in [9.17, 15) is 9.90 Å². The van der Waals surface area contributed by atoms with Crippen molar-refractivity contribution in [2.24, 2.45) is 0 Å². The number of anilines is 1. The fraction of sp³-hybridized carbons (Fsp3) is 0.417. The molecule has 1 aliphatic rings. The quantitative estimate of drug-likeness (QED) is 0.774. The number of β-amino-alcohol motifs (C(OH)–C–C–N with tert-alkyl or cyclic N) is 1. The Balaban J connectivity index is 1.99. The summed E-state index contributed by atoms with van der Waals surface area (Å²) in [5.74, 6) is -0.0600. The van der Waals surface area contributed by atoms with Crippen molar-refractivity contribution in [3.8, 4) is 0 Å². The topological polar surface area (TPSA) is 52.6 Å². The SMILES string of the molecule is CN(C(=O)CC1(O)CNC1)c1ccccc1. The molecule has 2 N–H and O–H groups in total. The van der Waals surface area contributed by atoms with E-state index in [2.05, 4.69) is 5.32 Å². The molecule has 0 bridgehead atoms. The Morgan fingerprint density at radius 3 is 2.56 bits per heavy atom. The normalized spacial score (nSPS) is 17.6. The van der Waals surface area contributed by atoms with Gasteiger partial charge >= 0.3 is 0 Å². The average molecular weight is 220 g/mol. The fourth-order valence-electron chi connectivity index (χ4n) is 1.73. The minimum atomic E-state index is -0.847. The van der Waals surface area contributed by atoms with E-state index >= 15 is 0 Å². The van der Waals surface area contributed by atoms with E-state index in [0.29, 0.717) is 13.1 Å². The van der Waals surface area contributed by atoms with Crippen molar-refractivity contribution < 1.29 is 9.90 Å². The van der Waals surface area contributed by atoms with Crippen molar-refractivity contribution in [2.75, 3.05) is 25.0 Å². The zero-order valence-corrected chi connectivity index (χ0v) is 9.31. The summed E-state index contributed by atoms with van der Waals surface area (Å²) in [5, 5.41) is 12.8. The van der Waals surface area contributed by atoms with Gasteiger partial charge in [-0.2, -0.15) is 0 Å². The van der Waals surface area contributed by atoms with Gasteiger partial charge in [0.1, 0.15) is 0 Å². The van der Waals surface area contributed by atoms with E-state index in [0.717, 1.165) is 5.69 Å². The number of nitrogens with one attached hydrogen (secondary N) is 1. The van der Waals surface area contributed by atoms with Gasteiger partial charge in [0.05, 0.1) is 12.0 Å². The largest absolute Gasteiger partial charge is 0.387 e. The molecule has 0 atom stereocenters. The summed E-state index contributed by atoms with van der Waals surface area (Å²) in [6.07, 6.45) is 0.172. The molecule has 1 aromatic rings. The lowest BCUT2D eigenvalue weighted by atomic mass is 9.92. The maximum Gasteiger partial charge on any atom is 0.229 e. The first-order valence-corrected chi connectivity index (χ1v) is 5.35. The lowest BCUT2D eigenvalue weighted by molar-refractivity contribution is -0.125. The standard InChI is InChI=1S/C12H16N2O2/c1-14(10-5-3-2-4-6-10)11(15)7-12(16)8-13-9-12/h2-6,13,16H,7-9H2,1H3. The van der Waals surface area contributed by atoms with Gasteiger partial charge in [0.2, 0.25) is 5.91 Å². The molecule has 0 saturated carbocycles. The zero-order chi connectivity index (χ0) is 11.6. The third kappa shape index (κ3) is 2.23. The molecule has 1 fully saturated rings. The number of carbonyl (C=O) groups is 1. The summed E-state index contributed by atoms with van der Waals surface area (Å²) in [7, 11) is 1.73. The molecular weight excluding hydrogens is 204 g/mol. The van der Waals surface area contributed by atoms with E-state index < -0.39 is 5.60 Å². The molecule has 16 heavy (non-hydrogen) atoms. The van der Waals surface area contributed by atoms with E-state index in [1.54, 1.807) is 11.9 Å². The fourth-order valence-corrected chi connectivity index (χ4v) is 1.73. The summed E-state index contributed by atoms with van der Waals surface area (Å²) in [6.45, 7) is 1.00. The number of hydrogen-bond acceptors (Lipinski definition) is 3. The molecule has 1 amide bonds. The first-order chi connectivity index (χ1) is 7.61. The highest BCUT2D eigenvalue weighted by Crippen LogP contribution is 2.19. The van der Waals surface area contributed by atoms with E-state index in [-0.39, 0.29) is 12.3 Å². The maximum atomic E-state index is 11.9. The molecule has 1 heterocycles. The molecule has 4 heteroatoms. The number of benzene rings is 1. The summed E-state index contributed by atoms with van der Waals surface area (Å²) >= 11 is 0. The van der Waals surface area contributed by atoms with Crippen LogP contribution >= 0.6 is 0 Å². The Bertz CT molecular complexity index is 374. The summed E-state index contributed by atoms with van der Waals surface area (Å²) in [4.78, 5) is 13.5. The number of aliphatic hydroxyl groups is 1. The molecule has 0 spiro atoms. The minimum absolute atomic E-state index is 0.0600. The van der Waals surface area contributed by atoms with Crippen LogP contribution in [0.4, 0.5) is 5.69 Å². The Labute approximate surface area is 94.9 Å². The van der Waals surface area contributed by atoms with Crippen molar-refractivity contribution in [2.45, 2.75) is 12.0 Å². The van der Waals surface area contributed by atoms with E-state index in [1.807, 2.05) is 30.3 Å². The molecular formula is C12H16N2O2. The Morgan fingerprint density at radius 1 is 1.44 bits per heavy atom. The number of hydrogen-bond donors (Lipinski definition) is 2. The van der Waals surface area contributed by atoms with Crippen LogP contribution in [0.3, 0.4) is 0 Å². The third-order valence-electron chi connectivity index (χ3n) is 2.91. The number of para-hydroxylation sites is 1. The molecule has 1 aromatic carbocycles. The maximum absolute atomic E-state index is 11.9. The highest BCUT2D eigenvalue weighted by molar-refractivity contribution is 5.93. The number of nitrogens with zero attached hydrogens (tertiary/aromatic N) is 1. The van der Waals surface area contributed by atoms with Crippen LogP contribution in [0.2, 0.25) is 0 Å². The van der Waals surface area contributed by atoms with Crippen LogP contribution in [-0.2, 0) is 4.79 Å². The van der Waals surface area contributed by atoms with E-state index in [4.69, 9.17) is 0 Å². The highest BCUT2D eigenvalue weighted by atomic mass is 16.3. The van der Waals surface area contributed by atoms with Crippen LogP contribution < -0.4 is 10.2 Å². The second kappa shape index (κ2) is 4.23.